The lowest BCUT2D eigenvalue weighted by molar-refractivity contribution is 0.488. The number of thiophene rings is 1. The number of benzene rings is 1. The first-order chi connectivity index (χ1) is 8.37. The van der Waals surface area contributed by atoms with Crippen LogP contribution in [0.5, 0.6) is 5.75 Å². The average Bonchev–Trinajstić information content (AvgIpc) is 2.62. The molecule has 0 aliphatic carbocycles. The lowest BCUT2D eigenvalue weighted by atomic mass is 10.1. The summed E-state index contributed by atoms with van der Waals surface area (Å²) in [4.78, 5) is 0. The zero-order valence-corrected chi connectivity index (χ0v) is 13.0. The molecule has 0 saturated heterocycles. The van der Waals surface area contributed by atoms with Gasteiger partial charge in [0.15, 0.2) is 4.21 Å². The fourth-order valence-electron chi connectivity index (χ4n) is 1.58. The highest BCUT2D eigenvalue weighted by atomic mass is 79.9. The lowest BCUT2D eigenvalue weighted by Crippen LogP contribution is -2.08. The molecule has 0 aliphatic rings. The first-order valence-corrected chi connectivity index (χ1v) is 8.17. The van der Waals surface area contributed by atoms with E-state index in [1.54, 1.807) is 18.2 Å². The summed E-state index contributed by atoms with van der Waals surface area (Å²) in [7, 11) is -3.74. The van der Waals surface area contributed by atoms with Crippen molar-refractivity contribution in [2.75, 3.05) is 0 Å². The first-order valence-electron chi connectivity index (χ1n) is 5.15. The van der Waals surface area contributed by atoms with E-state index in [9.17, 15) is 8.42 Å². The van der Waals surface area contributed by atoms with Gasteiger partial charge in [-0.25, -0.2) is 0 Å². The van der Waals surface area contributed by atoms with Gasteiger partial charge in [0.05, 0.1) is 3.79 Å². The van der Waals surface area contributed by atoms with E-state index < -0.39 is 10.1 Å². The van der Waals surface area contributed by atoms with Gasteiger partial charge in [0.25, 0.3) is 0 Å². The molecule has 2 aromatic rings. The van der Waals surface area contributed by atoms with Crippen molar-refractivity contribution in [3.63, 3.8) is 0 Å². The van der Waals surface area contributed by atoms with Crippen LogP contribution in [-0.2, 0) is 10.1 Å². The summed E-state index contributed by atoms with van der Waals surface area (Å²) in [6.45, 7) is 3.79. The third-order valence-electron chi connectivity index (χ3n) is 2.20. The van der Waals surface area contributed by atoms with Crippen LogP contribution in [0.2, 0.25) is 0 Å². The molecule has 0 spiro atoms. The molecule has 0 saturated carbocycles. The summed E-state index contributed by atoms with van der Waals surface area (Å²) in [5.74, 6) is 0.344. The monoisotopic (exact) mass is 346 g/mol. The number of hydrogen-bond acceptors (Lipinski definition) is 4. The molecule has 0 N–H and O–H groups in total. The van der Waals surface area contributed by atoms with Gasteiger partial charge < -0.3 is 4.18 Å². The van der Waals surface area contributed by atoms with Crippen molar-refractivity contribution in [2.45, 2.75) is 18.1 Å². The third-order valence-corrected chi connectivity index (χ3v) is 5.52. The maximum absolute atomic E-state index is 12.0. The van der Waals surface area contributed by atoms with Crippen LogP contribution in [0.15, 0.2) is 38.3 Å². The molecule has 18 heavy (non-hydrogen) atoms. The van der Waals surface area contributed by atoms with Crippen LogP contribution in [-0.4, -0.2) is 8.42 Å². The highest BCUT2D eigenvalue weighted by Crippen LogP contribution is 2.29. The normalized spacial score (nSPS) is 11.5. The van der Waals surface area contributed by atoms with Crippen molar-refractivity contribution in [3.8, 4) is 5.75 Å². The zero-order chi connectivity index (χ0) is 13.3. The van der Waals surface area contributed by atoms with Gasteiger partial charge in [-0.1, -0.05) is 6.07 Å². The van der Waals surface area contributed by atoms with E-state index >= 15 is 0 Å². The summed E-state index contributed by atoms with van der Waals surface area (Å²) in [6.07, 6.45) is 0. The Labute approximate surface area is 119 Å². The Morgan fingerprint density at radius 1 is 1.11 bits per heavy atom. The molecule has 0 amide bonds. The predicted molar refractivity (Wildman–Crippen MR) is 75.7 cm³/mol. The van der Waals surface area contributed by atoms with Crippen LogP contribution in [0, 0.1) is 13.8 Å². The van der Waals surface area contributed by atoms with E-state index in [-0.39, 0.29) is 4.21 Å². The largest absolute Gasteiger partial charge is 0.378 e. The minimum Gasteiger partial charge on any atom is -0.378 e. The number of hydrogen-bond donors (Lipinski definition) is 0. The number of aryl methyl sites for hydroxylation is 2. The zero-order valence-electron chi connectivity index (χ0n) is 9.81. The molecule has 0 radical (unpaired) electrons. The molecule has 1 aromatic heterocycles. The molecule has 1 heterocycles. The average molecular weight is 347 g/mol. The number of rotatable bonds is 3. The summed E-state index contributed by atoms with van der Waals surface area (Å²) in [6, 6.07) is 8.57. The van der Waals surface area contributed by atoms with E-state index in [2.05, 4.69) is 15.9 Å². The number of halogens is 1. The molecule has 2 rings (SSSR count). The molecule has 0 aliphatic heterocycles. The molecular formula is C12H11BrO3S2. The van der Waals surface area contributed by atoms with Gasteiger partial charge in [-0.05, 0) is 65.2 Å². The topological polar surface area (TPSA) is 43.4 Å². The molecule has 96 valence electrons. The molecule has 3 nitrogen and oxygen atoms in total. The fourth-order valence-corrected chi connectivity index (χ4v) is 4.47. The molecule has 6 heteroatoms. The van der Waals surface area contributed by atoms with Crippen molar-refractivity contribution >= 4 is 37.4 Å². The second-order valence-electron chi connectivity index (χ2n) is 3.92. The molecule has 0 unspecified atom stereocenters. The first kappa shape index (κ1) is 13.6. The van der Waals surface area contributed by atoms with Crippen molar-refractivity contribution in [3.05, 3.63) is 45.2 Å². The summed E-state index contributed by atoms with van der Waals surface area (Å²) in [5.41, 5.74) is 1.93. The molecular weight excluding hydrogens is 336 g/mol. The van der Waals surface area contributed by atoms with E-state index in [1.165, 1.54) is 6.07 Å². The summed E-state index contributed by atoms with van der Waals surface area (Å²) >= 11 is 4.36. The maximum Gasteiger partial charge on any atom is 0.348 e. The van der Waals surface area contributed by atoms with Gasteiger partial charge in [0.2, 0.25) is 0 Å². The Kier molecular flexibility index (Phi) is 3.79. The van der Waals surface area contributed by atoms with Crippen molar-refractivity contribution in [2.24, 2.45) is 0 Å². The van der Waals surface area contributed by atoms with Crippen molar-refractivity contribution in [1.82, 2.24) is 0 Å². The molecule has 0 fully saturated rings. The van der Waals surface area contributed by atoms with E-state index in [4.69, 9.17) is 4.18 Å². The third kappa shape index (κ3) is 3.13. The van der Waals surface area contributed by atoms with Crippen LogP contribution >= 0.6 is 27.3 Å². The Morgan fingerprint density at radius 2 is 1.72 bits per heavy atom. The Morgan fingerprint density at radius 3 is 2.22 bits per heavy atom. The van der Waals surface area contributed by atoms with E-state index in [1.807, 2.05) is 19.9 Å². The SMILES string of the molecule is Cc1cc(C)cc(OS(=O)(=O)c2ccc(Br)s2)c1. The fraction of sp³-hybridized carbons (Fsp3) is 0.167. The summed E-state index contributed by atoms with van der Waals surface area (Å²) in [5, 5.41) is 0. The predicted octanol–water partition coefficient (Wildman–Crippen LogP) is 3.90. The Bertz CT molecular complexity index is 654. The highest BCUT2D eigenvalue weighted by molar-refractivity contribution is 9.11. The van der Waals surface area contributed by atoms with Gasteiger partial charge in [-0.2, -0.15) is 8.42 Å². The van der Waals surface area contributed by atoms with Crippen LogP contribution < -0.4 is 4.18 Å². The Hall–Kier alpha value is -0.850. The van der Waals surface area contributed by atoms with Gasteiger partial charge >= 0.3 is 10.1 Å². The smallest absolute Gasteiger partial charge is 0.348 e. The van der Waals surface area contributed by atoms with Gasteiger partial charge in [0, 0.05) is 0 Å². The van der Waals surface area contributed by atoms with E-state index in [0.717, 1.165) is 26.3 Å². The minimum atomic E-state index is -3.74. The van der Waals surface area contributed by atoms with Crippen LogP contribution in [0.25, 0.3) is 0 Å². The second-order valence-corrected chi connectivity index (χ2v) is 8.16. The van der Waals surface area contributed by atoms with Gasteiger partial charge in [-0.15, -0.1) is 11.3 Å². The van der Waals surface area contributed by atoms with Crippen molar-refractivity contribution in [1.29, 1.82) is 0 Å². The maximum atomic E-state index is 12.0. The van der Waals surface area contributed by atoms with E-state index in [0.29, 0.717) is 5.75 Å². The van der Waals surface area contributed by atoms with Gasteiger partial charge in [0.1, 0.15) is 5.75 Å². The second kappa shape index (κ2) is 5.03. The van der Waals surface area contributed by atoms with Crippen LogP contribution in [0.3, 0.4) is 0 Å². The standard InChI is InChI=1S/C12H11BrO3S2/c1-8-5-9(2)7-10(6-8)16-18(14,15)12-4-3-11(13)17-12/h3-7H,1-2H3. The van der Waals surface area contributed by atoms with Crippen LogP contribution in [0.1, 0.15) is 11.1 Å². The molecule has 0 bridgehead atoms. The Balaban J connectivity index is 2.33. The van der Waals surface area contributed by atoms with Gasteiger partial charge in [-0.3, -0.25) is 0 Å². The van der Waals surface area contributed by atoms with Crippen LogP contribution in [0.4, 0.5) is 0 Å². The molecule has 0 atom stereocenters. The van der Waals surface area contributed by atoms with Crippen molar-refractivity contribution < 1.29 is 12.6 Å². The summed E-state index contributed by atoms with van der Waals surface area (Å²) < 4.78 is 30.1. The highest BCUT2D eigenvalue weighted by Gasteiger charge is 2.19. The quantitative estimate of drug-likeness (QED) is 0.791. The lowest BCUT2D eigenvalue weighted by Gasteiger charge is -2.07. The minimum absolute atomic E-state index is 0.188. The molecule has 1 aromatic carbocycles.